The fraction of sp³-hybridized carbons (Fsp3) is 0.143. The second-order valence-electron chi connectivity index (χ2n) is 3.70. The van der Waals surface area contributed by atoms with Gasteiger partial charge in [-0.25, -0.2) is 0 Å². The molecule has 0 atom stereocenters. The molecule has 0 saturated heterocycles. The Bertz CT molecular complexity index is 426. The molecule has 0 amide bonds. The maximum Gasteiger partial charge on any atom is 0.0247 e. The summed E-state index contributed by atoms with van der Waals surface area (Å²) in [5.74, 6) is 0. The molecule has 0 aromatic heterocycles. The molecule has 0 fully saturated rings. The minimum absolute atomic E-state index is 1.08. The van der Waals surface area contributed by atoms with Crippen molar-refractivity contribution in [3.05, 3.63) is 59.7 Å². The topological polar surface area (TPSA) is 0 Å². The van der Waals surface area contributed by atoms with Gasteiger partial charge in [0, 0.05) is 4.43 Å². The molecule has 1 heteroatoms. The van der Waals surface area contributed by atoms with E-state index < -0.39 is 0 Å². The third-order valence-electron chi connectivity index (χ3n) is 2.49. The van der Waals surface area contributed by atoms with Crippen molar-refractivity contribution in [2.24, 2.45) is 0 Å². The number of aryl methyl sites for hydroxylation is 1. The predicted molar refractivity (Wildman–Crippen MR) is 74.3 cm³/mol. The van der Waals surface area contributed by atoms with Gasteiger partial charge >= 0.3 is 0 Å². The van der Waals surface area contributed by atoms with E-state index in [0.29, 0.717) is 0 Å². The normalized spacial score (nSPS) is 10.3. The summed E-state index contributed by atoms with van der Waals surface area (Å²) in [4.78, 5) is 0. The SMILES string of the molecule is Cc1ccc(-c2ccc(CI)cc2)cc1. The molecule has 0 bridgehead atoms. The second kappa shape index (κ2) is 4.79. The summed E-state index contributed by atoms with van der Waals surface area (Å²) in [6.45, 7) is 2.11. The van der Waals surface area contributed by atoms with Crippen molar-refractivity contribution in [1.82, 2.24) is 0 Å². The van der Waals surface area contributed by atoms with E-state index in [1.807, 2.05) is 0 Å². The summed E-state index contributed by atoms with van der Waals surface area (Å²) in [6, 6.07) is 17.4. The second-order valence-corrected chi connectivity index (χ2v) is 4.46. The van der Waals surface area contributed by atoms with Gasteiger partial charge in [-0.1, -0.05) is 76.7 Å². The van der Waals surface area contributed by atoms with E-state index in [0.717, 1.165) is 4.43 Å². The minimum Gasteiger partial charge on any atom is -0.0812 e. The maximum absolute atomic E-state index is 2.38. The zero-order valence-corrected chi connectivity index (χ0v) is 10.9. The monoisotopic (exact) mass is 308 g/mol. The van der Waals surface area contributed by atoms with Crippen LogP contribution in [0.4, 0.5) is 0 Å². The van der Waals surface area contributed by atoms with Gasteiger partial charge < -0.3 is 0 Å². The van der Waals surface area contributed by atoms with Gasteiger partial charge in [-0.15, -0.1) is 0 Å². The average Bonchev–Trinajstić information content (AvgIpc) is 2.30. The van der Waals surface area contributed by atoms with Crippen molar-refractivity contribution >= 4 is 22.6 Å². The molecule has 0 unspecified atom stereocenters. The molecule has 0 N–H and O–H groups in total. The first-order valence-corrected chi connectivity index (χ1v) is 6.54. The molecule has 76 valence electrons. The van der Waals surface area contributed by atoms with Crippen LogP contribution in [0, 0.1) is 6.92 Å². The lowest BCUT2D eigenvalue weighted by Gasteiger charge is -2.03. The van der Waals surface area contributed by atoms with Crippen molar-refractivity contribution in [1.29, 1.82) is 0 Å². The fourth-order valence-corrected chi connectivity index (χ4v) is 2.04. The van der Waals surface area contributed by atoms with Gasteiger partial charge in [0.2, 0.25) is 0 Å². The van der Waals surface area contributed by atoms with Crippen molar-refractivity contribution in [2.75, 3.05) is 0 Å². The average molecular weight is 308 g/mol. The smallest absolute Gasteiger partial charge is 0.0247 e. The van der Waals surface area contributed by atoms with Gasteiger partial charge in [0.15, 0.2) is 0 Å². The highest BCUT2D eigenvalue weighted by molar-refractivity contribution is 14.1. The Kier molecular flexibility index (Phi) is 3.41. The summed E-state index contributed by atoms with van der Waals surface area (Å²) >= 11 is 2.38. The highest BCUT2D eigenvalue weighted by Crippen LogP contribution is 2.20. The van der Waals surface area contributed by atoms with Crippen LogP contribution >= 0.6 is 22.6 Å². The molecule has 0 aliphatic rings. The predicted octanol–water partition coefficient (Wildman–Crippen LogP) is 4.60. The van der Waals surface area contributed by atoms with Crippen LogP contribution < -0.4 is 0 Å². The molecular weight excluding hydrogens is 295 g/mol. The molecular formula is C14H13I. The van der Waals surface area contributed by atoms with Crippen LogP contribution in [-0.4, -0.2) is 0 Å². The molecule has 0 saturated carbocycles. The number of alkyl halides is 1. The van der Waals surface area contributed by atoms with Gasteiger partial charge in [-0.2, -0.15) is 0 Å². The summed E-state index contributed by atoms with van der Waals surface area (Å²) in [6.07, 6.45) is 0. The summed E-state index contributed by atoms with van der Waals surface area (Å²) in [5, 5.41) is 0. The van der Waals surface area contributed by atoms with Crippen molar-refractivity contribution in [3.8, 4) is 11.1 Å². The molecule has 2 aromatic carbocycles. The summed E-state index contributed by atoms with van der Waals surface area (Å²) < 4.78 is 1.08. The van der Waals surface area contributed by atoms with Crippen molar-refractivity contribution < 1.29 is 0 Å². The summed E-state index contributed by atoms with van der Waals surface area (Å²) in [7, 11) is 0. The van der Waals surface area contributed by atoms with E-state index in [9.17, 15) is 0 Å². The number of halogens is 1. The number of rotatable bonds is 2. The third-order valence-corrected chi connectivity index (χ3v) is 3.37. The van der Waals surface area contributed by atoms with Crippen LogP contribution in [0.25, 0.3) is 11.1 Å². The van der Waals surface area contributed by atoms with E-state index in [1.54, 1.807) is 0 Å². The molecule has 0 spiro atoms. The quantitative estimate of drug-likeness (QED) is 0.562. The Morgan fingerprint density at radius 2 is 1.27 bits per heavy atom. The Morgan fingerprint density at radius 3 is 1.73 bits per heavy atom. The van der Waals surface area contributed by atoms with E-state index in [1.165, 1.54) is 22.3 Å². The van der Waals surface area contributed by atoms with Crippen LogP contribution in [0.1, 0.15) is 11.1 Å². The molecule has 2 rings (SSSR count). The number of benzene rings is 2. The highest BCUT2D eigenvalue weighted by atomic mass is 127. The van der Waals surface area contributed by atoms with Crippen LogP contribution in [0.2, 0.25) is 0 Å². The first kappa shape index (κ1) is 10.7. The van der Waals surface area contributed by atoms with Crippen LogP contribution in [0.15, 0.2) is 48.5 Å². The Morgan fingerprint density at radius 1 is 0.800 bits per heavy atom. The molecule has 0 aliphatic heterocycles. The Balaban J connectivity index is 2.33. The largest absolute Gasteiger partial charge is 0.0812 e. The number of hydrogen-bond donors (Lipinski definition) is 0. The minimum atomic E-state index is 1.08. The highest BCUT2D eigenvalue weighted by Gasteiger charge is 1.96. The van der Waals surface area contributed by atoms with E-state index in [-0.39, 0.29) is 0 Å². The fourth-order valence-electron chi connectivity index (χ4n) is 1.53. The van der Waals surface area contributed by atoms with Gasteiger partial charge in [0.1, 0.15) is 0 Å². The standard InChI is InChI=1S/C14H13I/c1-11-2-6-13(7-3-11)14-8-4-12(10-15)5-9-14/h2-9H,10H2,1H3. The van der Waals surface area contributed by atoms with Gasteiger partial charge in [0.25, 0.3) is 0 Å². The van der Waals surface area contributed by atoms with Gasteiger partial charge in [0.05, 0.1) is 0 Å². The molecule has 0 heterocycles. The first-order valence-electron chi connectivity index (χ1n) is 5.01. The lowest BCUT2D eigenvalue weighted by atomic mass is 10.0. The van der Waals surface area contributed by atoms with Crippen LogP contribution in [0.3, 0.4) is 0 Å². The zero-order chi connectivity index (χ0) is 10.7. The Labute approximate surface area is 104 Å². The van der Waals surface area contributed by atoms with Crippen LogP contribution in [-0.2, 0) is 4.43 Å². The van der Waals surface area contributed by atoms with Gasteiger partial charge in [-0.05, 0) is 23.6 Å². The lowest BCUT2D eigenvalue weighted by molar-refractivity contribution is 1.44. The van der Waals surface area contributed by atoms with Gasteiger partial charge in [-0.3, -0.25) is 0 Å². The van der Waals surface area contributed by atoms with E-state index in [2.05, 4.69) is 78.0 Å². The molecule has 0 nitrogen and oxygen atoms in total. The lowest BCUT2D eigenvalue weighted by Crippen LogP contribution is -1.80. The summed E-state index contributed by atoms with van der Waals surface area (Å²) in [5.41, 5.74) is 5.28. The van der Waals surface area contributed by atoms with E-state index in [4.69, 9.17) is 0 Å². The molecule has 0 radical (unpaired) electrons. The first-order chi connectivity index (χ1) is 7.29. The maximum atomic E-state index is 2.38. The number of hydrogen-bond acceptors (Lipinski definition) is 0. The van der Waals surface area contributed by atoms with Crippen LogP contribution in [0.5, 0.6) is 0 Å². The van der Waals surface area contributed by atoms with Crippen molar-refractivity contribution in [2.45, 2.75) is 11.4 Å². The Hall–Kier alpha value is -0.830. The van der Waals surface area contributed by atoms with Crippen molar-refractivity contribution in [3.63, 3.8) is 0 Å². The third kappa shape index (κ3) is 2.59. The van der Waals surface area contributed by atoms with E-state index >= 15 is 0 Å². The molecule has 2 aromatic rings. The molecule has 0 aliphatic carbocycles. The zero-order valence-electron chi connectivity index (χ0n) is 8.70. The molecule has 15 heavy (non-hydrogen) atoms.